The van der Waals surface area contributed by atoms with Gasteiger partial charge in [0.1, 0.15) is 6.04 Å². The van der Waals surface area contributed by atoms with Gasteiger partial charge in [-0.2, -0.15) is 0 Å². The summed E-state index contributed by atoms with van der Waals surface area (Å²) < 4.78 is 0. The summed E-state index contributed by atoms with van der Waals surface area (Å²) in [5.41, 5.74) is 4.09. The first-order valence-electron chi connectivity index (χ1n) is 11.1. The van der Waals surface area contributed by atoms with Crippen molar-refractivity contribution in [3.63, 3.8) is 0 Å². The van der Waals surface area contributed by atoms with Crippen LogP contribution >= 0.6 is 0 Å². The first-order valence-corrected chi connectivity index (χ1v) is 11.1. The Hall–Kier alpha value is -3.31. The number of β-amino-alcohol motifs (C(OH)–C–C–N with tert-alkyl or cyclic N) is 1. The molecular weight excluding hydrogens is 440 g/mol. The molecule has 0 spiro atoms. The van der Waals surface area contributed by atoms with Gasteiger partial charge in [-0.15, -0.1) is 0 Å². The smallest absolute Gasteiger partial charge is 0.268 e. The maximum atomic E-state index is 12.4. The lowest BCUT2D eigenvalue weighted by molar-refractivity contribution is -0.133. The van der Waals surface area contributed by atoms with E-state index in [0.29, 0.717) is 12.2 Å². The van der Waals surface area contributed by atoms with E-state index >= 15 is 0 Å². The Bertz CT molecular complexity index is 994. The highest BCUT2D eigenvalue weighted by Crippen LogP contribution is 2.22. The van der Waals surface area contributed by atoms with Crippen molar-refractivity contribution in [1.29, 1.82) is 0 Å². The number of amides is 3. The molecule has 1 aliphatic heterocycles. The largest absolute Gasteiger partial charge is 0.392 e. The van der Waals surface area contributed by atoms with Gasteiger partial charge < -0.3 is 20.8 Å². The van der Waals surface area contributed by atoms with Crippen molar-refractivity contribution < 1.29 is 29.8 Å². The number of carbonyl (C=O) groups is 3. The van der Waals surface area contributed by atoms with Gasteiger partial charge in [0.05, 0.1) is 18.8 Å². The van der Waals surface area contributed by atoms with E-state index in [1.165, 1.54) is 12.4 Å². The number of aliphatic hydroxyl groups excluding tert-OH is 2. The molecule has 1 heterocycles. The van der Waals surface area contributed by atoms with Crippen LogP contribution in [0.5, 0.6) is 0 Å². The molecule has 10 nitrogen and oxygen atoms in total. The van der Waals surface area contributed by atoms with Crippen LogP contribution in [0.25, 0.3) is 11.1 Å². The Kier molecular flexibility index (Phi) is 8.72. The predicted molar refractivity (Wildman–Crippen MR) is 125 cm³/mol. The highest BCUT2D eigenvalue weighted by atomic mass is 16.5. The molecule has 2 aromatic rings. The molecule has 1 fully saturated rings. The molecule has 1 saturated heterocycles. The molecule has 0 aliphatic carbocycles. The molecule has 34 heavy (non-hydrogen) atoms. The van der Waals surface area contributed by atoms with Gasteiger partial charge in [0, 0.05) is 17.8 Å². The lowest BCUT2D eigenvalue weighted by Crippen LogP contribution is -2.51. The van der Waals surface area contributed by atoms with Crippen molar-refractivity contribution >= 4 is 23.4 Å². The van der Waals surface area contributed by atoms with Crippen LogP contribution in [0, 0.1) is 0 Å². The third kappa shape index (κ3) is 6.84. The molecule has 3 atom stereocenters. The summed E-state index contributed by atoms with van der Waals surface area (Å²) in [6, 6.07) is 12.7. The minimum absolute atomic E-state index is 0.136. The van der Waals surface area contributed by atoms with E-state index in [4.69, 9.17) is 5.21 Å². The van der Waals surface area contributed by atoms with Gasteiger partial charge >= 0.3 is 0 Å². The third-order valence-electron chi connectivity index (χ3n) is 5.66. The van der Waals surface area contributed by atoms with Crippen LogP contribution in [0.4, 0.5) is 5.69 Å². The van der Waals surface area contributed by atoms with Gasteiger partial charge in [-0.25, -0.2) is 5.48 Å². The van der Waals surface area contributed by atoms with Crippen molar-refractivity contribution in [3.8, 4) is 11.1 Å². The van der Waals surface area contributed by atoms with Crippen LogP contribution in [-0.4, -0.2) is 75.9 Å². The fraction of sp³-hybridized carbons (Fsp3) is 0.375. The van der Waals surface area contributed by atoms with Crippen LogP contribution in [-0.2, 0) is 9.59 Å². The number of aliphatic hydroxyl groups is 2. The summed E-state index contributed by atoms with van der Waals surface area (Å²) in [6.07, 6.45) is 0.0795. The summed E-state index contributed by atoms with van der Waals surface area (Å²) in [5.74, 6) is -1.62. The molecule has 2 aromatic carbocycles. The second-order valence-corrected chi connectivity index (χ2v) is 8.40. The monoisotopic (exact) mass is 470 g/mol. The fourth-order valence-electron chi connectivity index (χ4n) is 3.84. The first-order chi connectivity index (χ1) is 16.3. The van der Waals surface area contributed by atoms with Crippen LogP contribution in [0.2, 0.25) is 0 Å². The predicted octanol–water partition coefficient (Wildman–Crippen LogP) is 0.733. The molecule has 3 rings (SSSR count). The van der Waals surface area contributed by atoms with Gasteiger partial charge in [-0.05, 0) is 61.7 Å². The molecule has 1 unspecified atom stereocenters. The van der Waals surface area contributed by atoms with E-state index in [1.807, 2.05) is 17.0 Å². The summed E-state index contributed by atoms with van der Waals surface area (Å²) in [7, 11) is 0. The zero-order valence-corrected chi connectivity index (χ0v) is 18.9. The molecule has 182 valence electrons. The maximum absolute atomic E-state index is 12.4. The van der Waals surface area contributed by atoms with Gasteiger partial charge in [0.25, 0.3) is 11.8 Å². The summed E-state index contributed by atoms with van der Waals surface area (Å²) in [6.45, 7) is 2.87. The molecule has 6 N–H and O–H groups in total. The number of piperidine rings is 1. The molecular formula is C24H30N4O6. The van der Waals surface area contributed by atoms with Crippen molar-refractivity contribution in [2.75, 3.05) is 25.0 Å². The average Bonchev–Trinajstić information content (AvgIpc) is 2.82. The number of benzene rings is 2. The molecule has 0 aromatic heterocycles. The second kappa shape index (κ2) is 11.7. The molecule has 3 amide bonds. The standard InChI is InChI=1S/C24H30N4O6/c1-15(29)22(24(33)27-34)26-23(32)18-6-4-16(5-7-18)17-8-10-19(11-9-17)25-21(31)14-28-12-2-3-20(30)13-28/h4-11,15,20,22,29-30,34H,2-3,12-14H2,1H3,(H,25,31)(H,26,32)(H,27,33)/t15-,20?,22+/m1/s1. The number of nitrogens with one attached hydrogen (secondary N) is 3. The number of nitrogens with zero attached hydrogens (tertiary/aromatic N) is 1. The lowest BCUT2D eigenvalue weighted by Gasteiger charge is -2.29. The van der Waals surface area contributed by atoms with Crippen molar-refractivity contribution in [2.45, 2.75) is 38.0 Å². The SMILES string of the molecule is C[C@@H](O)[C@H](NC(=O)c1ccc(-c2ccc(NC(=O)CN3CCCC(O)C3)cc2)cc1)C(=O)NO. The number of carbonyl (C=O) groups excluding carboxylic acids is 3. The highest BCUT2D eigenvalue weighted by Gasteiger charge is 2.25. The van der Waals surface area contributed by atoms with Gasteiger partial charge in [-0.3, -0.25) is 24.5 Å². The Balaban J connectivity index is 1.57. The van der Waals surface area contributed by atoms with E-state index in [1.54, 1.807) is 36.4 Å². The van der Waals surface area contributed by atoms with Crippen LogP contribution in [0.1, 0.15) is 30.1 Å². The Morgan fingerprint density at radius 2 is 1.68 bits per heavy atom. The maximum Gasteiger partial charge on any atom is 0.268 e. The Morgan fingerprint density at radius 1 is 1.06 bits per heavy atom. The summed E-state index contributed by atoms with van der Waals surface area (Å²) in [5, 5.41) is 33.4. The quantitative estimate of drug-likeness (QED) is 0.246. The number of anilines is 1. The number of hydroxylamine groups is 1. The lowest BCUT2D eigenvalue weighted by atomic mass is 10.0. The number of hydrogen-bond donors (Lipinski definition) is 6. The van der Waals surface area contributed by atoms with E-state index in [2.05, 4.69) is 10.6 Å². The Labute approximate surface area is 197 Å². The number of hydrogen-bond acceptors (Lipinski definition) is 7. The molecule has 0 saturated carbocycles. The topological polar surface area (TPSA) is 151 Å². The molecule has 10 heteroatoms. The zero-order valence-electron chi connectivity index (χ0n) is 18.9. The van der Waals surface area contributed by atoms with E-state index in [-0.39, 0.29) is 24.1 Å². The summed E-state index contributed by atoms with van der Waals surface area (Å²) in [4.78, 5) is 38.2. The van der Waals surface area contributed by atoms with Crippen molar-refractivity contribution in [3.05, 3.63) is 54.1 Å². The van der Waals surface area contributed by atoms with Crippen molar-refractivity contribution in [1.82, 2.24) is 15.7 Å². The highest BCUT2D eigenvalue weighted by molar-refractivity contribution is 5.98. The van der Waals surface area contributed by atoms with Crippen LogP contribution < -0.4 is 16.1 Å². The minimum atomic E-state index is -1.29. The van der Waals surface area contributed by atoms with Gasteiger partial charge in [0.15, 0.2) is 0 Å². The zero-order chi connectivity index (χ0) is 24.7. The van der Waals surface area contributed by atoms with E-state index in [0.717, 1.165) is 30.5 Å². The molecule has 0 radical (unpaired) electrons. The molecule has 0 bridgehead atoms. The van der Waals surface area contributed by atoms with Crippen molar-refractivity contribution in [2.24, 2.45) is 0 Å². The minimum Gasteiger partial charge on any atom is -0.392 e. The van der Waals surface area contributed by atoms with Gasteiger partial charge in [0.2, 0.25) is 5.91 Å². The van der Waals surface area contributed by atoms with E-state index < -0.39 is 24.0 Å². The first kappa shape index (κ1) is 25.3. The Morgan fingerprint density at radius 3 is 2.24 bits per heavy atom. The van der Waals surface area contributed by atoms with Crippen LogP contribution in [0.15, 0.2) is 48.5 Å². The van der Waals surface area contributed by atoms with Gasteiger partial charge in [-0.1, -0.05) is 24.3 Å². The normalized spacial score (nSPS) is 17.9. The molecule has 1 aliphatic rings. The van der Waals surface area contributed by atoms with E-state index in [9.17, 15) is 24.6 Å². The number of likely N-dealkylation sites (tertiary alicyclic amines) is 1. The summed E-state index contributed by atoms with van der Waals surface area (Å²) >= 11 is 0. The average molecular weight is 471 g/mol. The number of rotatable bonds is 8. The second-order valence-electron chi connectivity index (χ2n) is 8.40. The van der Waals surface area contributed by atoms with Crippen LogP contribution in [0.3, 0.4) is 0 Å². The third-order valence-corrected chi connectivity index (χ3v) is 5.66. The fourth-order valence-corrected chi connectivity index (χ4v) is 3.84.